The number of carbonyl (C=O) groups excluding carboxylic acids is 1. The molecule has 1 aliphatic rings. The van der Waals surface area contributed by atoms with Crippen LogP contribution in [0.3, 0.4) is 0 Å². The third kappa shape index (κ3) is 5.42. The topological polar surface area (TPSA) is 38.8 Å². The average molecular weight is 410 g/mol. The number of hydrogen-bond acceptors (Lipinski definition) is 3. The summed E-state index contributed by atoms with van der Waals surface area (Å²) in [5, 5.41) is 0. The molecular weight excluding hydrogens is 374 g/mol. The van der Waals surface area contributed by atoms with Gasteiger partial charge in [-0.2, -0.15) is 0 Å². The van der Waals surface area contributed by atoms with Crippen molar-refractivity contribution in [2.45, 2.75) is 78.2 Å². The van der Waals surface area contributed by atoms with Crippen molar-refractivity contribution in [1.82, 2.24) is 4.90 Å². The summed E-state index contributed by atoms with van der Waals surface area (Å²) in [7, 11) is 0. The summed E-state index contributed by atoms with van der Waals surface area (Å²) in [6, 6.07) is 16.7. The molecule has 0 saturated carbocycles. The van der Waals surface area contributed by atoms with Crippen molar-refractivity contribution in [3.05, 3.63) is 65.2 Å². The molecule has 0 bridgehead atoms. The van der Waals surface area contributed by atoms with Crippen LogP contribution < -0.4 is 4.74 Å². The Morgan fingerprint density at radius 2 is 1.63 bits per heavy atom. The number of ether oxygens (including phenoxy) is 2. The third-order valence-electron chi connectivity index (χ3n) is 5.67. The highest BCUT2D eigenvalue weighted by Crippen LogP contribution is 2.37. The van der Waals surface area contributed by atoms with Crippen LogP contribution in [0.5, 0.6) is 5.75 Å². The van der Waals surface area contributed by atoms with Crippen molar-refractivity contribution in [3.8, 4) is 5.75 Å². The summed E-state index contributed by atoms with van der Waals surface area (Å²) in [4.78, 5) is 15.0. The van der Waals surface area contributed by atoms with Gasteiger partial charge in [0.25, 0.3) is 0 Å². The van der Waals surface area contributed by atoms with E-state index in [1.807, 2.05) is 26.0 Å². The molecule has 1 saturated heterocycles. The lowest BCUT2D eigenvalue weighted by atomic mass is 9.88. The Labute approximate surface area is 181 Å². The van der Waals surface area contributed by atoms with Crippen LogP contribution in [0.1, 0.15) is 70.2 Å². The minimum atomic E-state index is -0.233. The molecule has 1 amide bonds. The van der Waals surface area contributed by atoms with E-state index in [1.165, 1.54) is 5.56 Å². The third-order valence-corrected chi connectivity index (χ3v) is 5.67. The fraction of sp³-hybridized carbons (Fsp3) is 0.500. The molecule has 2 atom stereocenters. The highest BCUT2D eigenvalue weighted by atomic mass is 16.5. The highest BCUT2D eigenvalue weighted by molar-refractivity contribution is 5.75. The maximum atomic E-state index is 13.0. The molecule has 0 unspecified atom stereocenters. The molecule has 0 aliphatic carbocycles. The lowest BCUT2D eigenvalue weighted by Gasteiger charge is -2.44. The van der Waals surface area contributed by atoms with Gasteiger partial charge in [-0.3, -0.25) is 4.79 Å². The van der Waals surface area contributed by atoms with E-state index in [-0.39, 0.29) is 29.7 Å². The molecule has 30 heavy (non-hydrogen) atoms. The average Bonchev–Trinajstić information content (AvgIpc) is 2.66. The lowest BCUT2D eigenvalue weighted by Crippen LogP contribution is -2.49. The van der Waals surface area contributed by atoms with Gasteiger partial charge in [-0.1, -0.05) is 42.0 Å². The second-order valence-corrected chi connectivity index (χ2v) is 9.23. The van der Waals surface area contributed by atoms with Gasteiger partial charge in [0.2, 0.25) is 5.91 Å². The van der Waals surface area contributed by atoms with Crippen LogP contribution in [0.25, 0.3) is 0 Å². The van der Waals surface area contributed by atoms with E-state index in [9.17, 15) is 4.79 Å². The zero-order valence-corrected chi connectivity index (χ0v) is 19.1. The van der Waals surface area contributed by atoms with Crippen LogP contribution in [0.4, 0.5) is 0 Å². The van der Waals surface area contributed by atoms with Crippen molar-refractivity contribution in [3.63, 3.8) is 0 Å². The van der Waals surface area contributed by atoms with E-state index in [0.717, 1.165) is 29.7 Å². The summed E-state index contributed by atoms with van der Waals surface area (Å²) in [5.74, 6) is 0.934. The number of carbonyl (C=O) groups is 1. The molecule has 0 spiro atoms. The molecule has 1 heterocycles. The van der Waals surface area contributed by atoms with Gasteiger partial charge < -0.3 is 14.4 Å². The van der Waals surface area contributed by atoms with Crippen LogP contribution in [0, 0.1) is 6.92 Å². The van der Waals surface area contributed by atoms with Crippen molar-refractivity contribution in [2.75, 3.05) is 6.61 Å². The Hall–Kier alpha value is -2.33. The largest absolute Gasteiger partial charge is 0.491 e. The Balaban J connectivity index is 2.03. The summed E-state index contributed by atoms with van der Waals surface area (Å²) in [5.41, 5.74) is 3.19. The maximum Gasteiger partial charge on any atom is 0.220 e. The van der Waals surface area contributed by atoms with Gasteiger partial charge in [0, 0.05) is 19.6 Å². The van der Waals surface area contributed by atoms with Crippen LogP contribution in [-0.2, 0) is 9.53 Å². The fourth-order valence-electron chi connectivity index (χ4n) is 4.35. The normalized spacial score (nSPS) is 19.4. The van der Waals surface area contributed by atoms with Gasteiger partial charge in [-0.15, -0.1) is 0 Å². The Morgan fingerprint density at radius 3 is 2.13 bits per heavy atom. The number of benzene rings is 2. The molecule has 2 aromatic rings. The predicted molar refractivity (Wildman–Crippen MR) is 121 cm³/mol. The van der Waals surface area contributed by atoms with Crippen molar-refractivity contribution in [1.29, 1.82) is 0 Å². The van der Waals surface area contributed by atoms with Gasteiger partial charge in [0.05, 0.1) is 17.7 Å². The maximum absolute atomic E-state index is 13.0. The van der Waals surface area contributed by atoms with E-state index in [2.05, 4.69) is 62.1 Å². The van der Waals surface area contributed by atoms with E-state index in [4.69, 9.17) is 9.47 Å². The van der Waals surface area contributed by atoms with Crippen LogP contribution in [0.15, 0.2) is 48.5 Å². The van der Waals surface area contributed by atoms with Gasteiger partial charge in [0.1, 0.15) is 5.75 Å². The molecule has 3 rings (SSSR count). The van der Waals surface area contributed by atoms with Gasteiger partial charge in [0.15, 0.2) is 0 Å². The first-order valence-corrected chi connectivity index (χ1v) is 10.9. The molecular formula is C26H35NO3. The number of amides is 1. The first kappa shape index (κ1) is 22.4. The Morgan fingerprint density at radius 1 is 1.07 bits per heavy atom. The lowest BCUT2D eigenvalue weighted by molar-refractivity contribution is -0.140. The van der Waals surface area contributed by atoms with Crippen LogP contribution in [0.2, 0.25) is 0 Å². The van der Waals surface area contributed by atoms with E-state index in [1.54, 1.807) is 6.92 Å². The zero-order chi connectivity index (χ0) is 21.9. The predicted octanol–water partition coefficient (Wildman–Crippen LogP) is 5.68. The highest BCUT2D eigenvalue weighted by Gasteiger charge is 2.37. The van der Waals surface area contributed by atoms with Crippen molar-refractivity contribution in [2.24, 2.45) is 0 Å². The molecule has 4 nitrogen and oxygen atoms in total. The minimum Gasteiger partial charge on any atom is -0.491 e. The molecule has 0 N–H and O–H groups in total. The van der Waals surface area contributed by atoms with E-state index >= 15 is 0 Å². The number of hydrogen-bond donors (Lipinski definition) is 0. The molecule has 2 aromatic carbocycles. The number of rotatable bonds is 6. The molecule has 162 valence electrons. The minimum absolute atomic E-state index is 0.0887. The van der Waals surface area contributed by atoms with Gasteiger partial charge >= 0.3 is 0 Å². The monoisotopic (exact) mass is 409 g/mol. The Bertz CT molecular complexity index is 840. The van der Waals surface area contributed by atoms with Crippen molar-refractivity contribution >= 4 is 5.91 Å². The second-order valence-electron chi connectivity index (χ2n) is 9.23. The molecule has 4 heteroatoms. The second kappa shape index (κ2) is 9.22. The molecule has 1 aliphatic heterocycles. The molecule has 0 aromatic heterocycles. The number of nitrogens with zero attached hydrogens (tertiary/aromatic N) is 1. The van der Waals surface area contributed by atoms with Crippen LogP contribution >= 0.6 is 0 Å². The SMILES string of the molecule is CC(=O)N([C@H]1CCOC(C)(C)C1)[C@@H](c1ccc(C)cc1)c1ccc(OC(C)C)cc1. The van der Waals surface area contributed by atoms with Crippen molar-refractivity contribution < 1.29 is 14.3 Å². The van der Waals surface area contributed by atoms with Crippen LogP contribution in [-0.4, -0.2) is 35.2 Å². The van der Waals surface area contributed by atoms with E-state index in [0.29, 0.717) is 6.61 Å². The van der Waals surface area contributed by atoms with Gasteiger partial charge in [-0.05, 0) is 70.7 Å². The molecule has 0 radical (unpaired) electrons. The summed E-state index contributed by atoms with van der Waals surface area (Å²) < 4.78 is 11.8. The first-order chi connectivity index (χ1) is 14.2. The summed E-state index contributed by atoms with van der Waals surface area (Å²) >= 11 is 0. The number of aryl methyl sites for hydroxylation is 1. The quantitative estimate of drug-likeness (QED) is 0.616. The van der Waals surface area contributed by atoms with E-state index < -0.39 is 0 Å². The fourth-order valence-corrected chi connectivity index (χ4v) is 4.35. The summed E-state index contributed by atoms with van der Waals surface area (Å²) in [6.45, 7) is 12.7. The zero-order valence-electron chi connectivity index (χ0n) is 19.1. The first-order valence-electron chi connectivity index (χ1n) is 10.9. The standard InChI is InChI=1S/C26H35NO3/c1-18(2)30-24-13-11-22(12-14-24)25(21-9-7-19(3)8-10-21)27(20(4)28)23-15-16-29-26(5,6)17-23/h7-14,18,23,25H,15-17H2,1-6H3/t23-,25-/m0/s1. The Kier molecular flexibility index (Phi) is 6.87. The summed E-state index contributed by atoms with van der Waals surface area (Å²) in [6.07, 6.45) is 1.80. The van der Waals surface area contributed by atoms with Gasteiger partial charge in [-0.25, -0.2) is 0 Å². The smallest absolute Gasteiger partial charge is 0.220 e. The molecule has 1 fully saturated rings.